The van der Waals surface area contributed by atoms with Crippen molar-refractivity contribution in [3.8, 4) is 0 Å². The van der Waals surface area contributed by atoms with Gasteiger partial charge in [0.25, 0.3) is 0 Å². The van der Waals surface area contributed by atoms with E-state index in [0.717, 1.165) is 30.5 Å². The summed E-state index contributed by atoms with van der Waals surface area (Å²) in [4.78, 5) is 11.2. The Morgan fingerprint density at radius 1 is 0.882 bits per heavy atom. The minimum absolute atomic E-state index is 0.0279. The molecule has 0 heterocycles. The third-order valence-electron chi connectivity index (χ3n) is 6.01. The molecule has 34 heavy (non-hydrogen) atoms. The summed E-state index contributed by atoms with van der Waals surface area (Å²) >= 11 is 6.49. The number of hydrogen-bond acceptors (Lipinski definition) is 3. The Kier molecular flexibility index (Phi) is 7.03. The van der Waals surface area contributed by atoms with E-state index in [1.165, 1.54) is 43.5 Å². The fraction of sp³-hybridized carbons (Fsp3) is 0.269. The molecule has 3 aromatic rings. The van der Waals surface area contributed by atoms with Crippen LogP contribution in [-0.4, -0.2) is 11.1 Å². The summed E-state index contributed by atoms with van der Waals surface area (Å²) < 4.78 is 40.7. The van der Waals surface area contributed by atoms with Gasteiger partial charge in [-0.1, -0.05) is 43.0 Å². The van der Waals surface area contributed by atoms with Gasteiger partial charge in [-0.15, -0.1) is 0 Å². The monoisotopic (exact) mass is 488 g/mol. The van der Waals surface area contributed by atoms with Gasteiger partial charge in [-0.3, -0.25) is 0 Å². The van der Waals surface area contributed by atoms with E-state index in [1.54, 1.807) is 12.1 Å². The number of rotatable bonds is 6. The van der Waals surface area contributed by atoms with Crippen LogP contribution < -0.4 is 10.6 Å². The van der Waals surface area contributed by atoms with Crippen LogP contribution >= 0.6 is 11.6 Å². The second-order valence-electron chi connectivity index (χ2n) is 8.51. The molecule has 3 aromatic carbocycles. The summed E-state index contributed by atoms with van der Waals surface area (Å²) in [6.45, 7) is 0. The lowest BCUT2D eigenvalue weighted by Gasteiger charge is -2.22. The maximum Gasteiger partial charge on any atom is 0.416 e. The van der Waals surface area contributed by atoms with E-state index < -0.39 is 17.7 Å². The first-order valence-corrected chi connectivity index (χ1v) is 11.5. The average molecular weight is 489 g/mol. The number of hydrogen-bond donors (Lipinski definition) is 3. The smallest absolute Gasteiger partial charge is 0.416 e. The largest absolute Gasteiger partial charge is 0.478 e. The van der Waals surface area contributed by atoms with E-state index in [2.05, 4.69) is 10.6 Å². The second-order valence-corrected chi connectivity index (χ2v) is 8.91. The number of benzene rings is 3. The fourth-order valence-electron chi connectivity index (χ4n) is 4.31. The van der Waals surface area contributed by atoms with Crippen molar-refractivity contribution in [2.75, 3.05) is 10.6 Å². The fourth-order valence-corrected chi connectivity index (χ4v) is 4.55. The number of nitrogens with one attached hydrogen (secondary N) is 2. The summed E-state index contributed by atoms with van der Waals surface area (Å²) in [7, 11) is 0. The molecule has 0 aromatic heterocycles. The van der Waals surface area contributed by atoms with Crippen molar-refractivity contribution in [3.63, 3.8) is 0 Å². The zero-order valence-electron chi connectivity index (χ0n) is 18.3. The molecule has 4 rings (SSSR count). The van der Waals surface area contributed by atoms with Crippen LogP contribution in [0.4, 0.5) is 35.9 Å². The average Bonchev–Trinajstić information content (AvgIpc) is 2.80. The molecule has 0 unspecified atom stereocenters. The van der Waals surface area contributed by atoms with Crippen molar-refractivity contribution < 1.29 is 23.1 Å². The molecule has 0 amide bonds. The highest BCUT2D eigenvalue weighted by Gasteiger charge is 2.31. The van der Waals surface area contributed by atoms with E-state index in [9.17, 15) is 18.0 Å². The highest BCUT2D eigenvalue weighted by Crippen LogP contribution is 2.38. The molecule has 0 aliphatic heterocycles. The maximum atomic E-state index is 13.6. The van der Waals surface area contributed by atoms with Crippen molar-refractivity contribution in [3.05, 3.63) is 82.4 Å². The lowest BCUT2D eigenvalue weighted by atomic mass is 9.84. The molecule has 3 N–H and O–H groups in total. The van der Waals surface area contributed by atoms with Crippen LogP contribution in [0.3, 0.4) is 0 Å². The first-order valence-electron chi connectivity index (χ1n) is 11.1. The highest BCUT2D eigenvalue weighted by atomic mass is 35.5. The van der Waals surface area contributed by atoms with Gasteiger partial charge in [0, 0.05) is 17.1 Å². The Balaban J connectivity index is 1.61. The predicted octanol–water partition coefficient (Wildman–Crippen LogP) is 8.59. The van der Waals surface area contributed by atoms with Gasteiger partial charge >= 0.3 is 12.1 Å². The molecule has 0 radical (unpaired) electrons. The molecule has 0 saturated heterocycles. The van der Waals surface area contributed by atoms with Crippen LogP contribution in [0.2, 0.25) is 5.02 Å². The van der Waals surface area contributed by atoms with Crippen molar-refractivity contribution in [2.45, 2.75) is 44.2 Å². The van der Waals surface area contributed by atoms with Gasteiger partial charge in [0.1, 0.15) is 0 Å². The highest BCUT2D eigenvalue weighted by molar-refractivity contribution is 6.33. The normalized spacial score (nSPS) is 14.6. The lowest BCUT2D eigenvalue weighted by molar-refractivity contribution is -0.137. The van der Waals surface area contributed by atoms with Crippen LogP contribution in [-0.2, 0) is 6.18 Å². The molecular weight excluding hydrogens is 465 g/mol. The Morgan fingerprint density at radius 2 is 1.59 bits per heavy atom. The maximum absolute atomic E-state index is 13.6. The van der Waals surface area contributed by atoms with Gasteiger partial charge in [0.15, 0.2) is 0 Å². The van der Waals surface area contributed by atoms with E-state index in [-0.39, 0.29) is 16.9 Å². The Morgan fingerprint density at radius 3 is 2.24 bits per heavy atom. The molecule has 4 nitrogen and oxygen atoms in total. The van der Waals surface area contributed by atoms with E-state index in [0.29, 0.717) is 22.3 Å². The third kappa shape index (κ3) is 5.83. The van der Waals surface area contributed by atoms with Gasteiger partial charge in [-0.25, -0.2) is 4.79 Å². The van der Waals surface area contributed by atoms with Gasteiger partial charge in [0.05, 0.1) is 21.8 Å². The van der Waals surface area contributed by atoms with Crippen LogP contribution in [0, 0.1) is 0 Å². The zero-order valence-corrected chi connectivity index (χ0v) is 19.0. The van der Waals surface area contributed by atoms with Crippen LogP contribution in [0.25, 0.3) is 0 Å². The van der Waals surface area contributed by atoms with Crippen LogP contribution in [0.15, 0.2) is 60.7 Å². The third-order valence-corrected chi connectivity index (χ3v) is 6.32. The van der Waals surface area contributed by atoms with Gasteiger partial charge in [-0.2, -0.15) is 13.2 Å². The van der Waals surface area contributed by atoms with E-state index in [4.69, 9.17) is 16.7 Å². The minimum Gasteiger partial charge on any atom is -0.478 e. The lowest BCUT2D eigenvalue weighted by Crippen LogP contribution is -2.07. The molecule has 0 spiro atoms. The number of anilines is 4. The molecule has 1 aliphatic rings. The summed E-state index contributed by atoms with van der Waals surface area (Å²) in [6.07, 6.45) is 1.31. The Bertz CT molecular complexity index is 1190. The molecule has 0 bridgehead atoms. The van der Waals surface area contributed by atoms with Crippen molar-refractivity contribution in [1.82, 2.24) is 0 Å². The Hall–Kier alpha value is -3.19. The van der Waals surface area contributed by atoms with Crippen LogP contribution in [0.5, 0.6) is 0 Å². The Labute approximate surface area is 200 Å². The molecule has 0 atom stereocenters. The quantitative estimate of drug-likeness (QED) is 0.325. The van der Waals surface area contributed by atoms with Crippen molar-refractivity contribution in [1.29, 1.82) is 0 Å². The number of carboxylic acids is 1. The molecule has 178 valence electrons. The zero-order chi connectivity index (χ0) is 24.3. The molecule has 8 heteroatoms. The van der Waals surface area contributed by atoms with Crippen molar-refractivity contribution in [2.24, 2.45) is 0 Å². The number of alkyl halides is 3. The standard InChI is InChI=1S/C26H24ClF3N2O2/c27-23-12-17(16-5-2-1-3-6-16)9-10-24(23)32-22-14-19(26(28,29)30)13-21(15-22)31-20-8-4-7-18(11-20)25(33)34/h4,7-16,31-32H,1-3,5-6H2,(H,33,34). The second kappa shape index (κ2) is 9.97. The summed E-state index contributed by atoms with van der Waals surface area (Å²) in [6, 6.07) is 15.1. The first-order chi connectivity index (χ1) is 16.2. The molecular formula is C26H24ClF3N2O2. The van der Waals surface area contributed by atoms with Gasteiger partial charge in [-0.05, 0) is 72.9 Å². The van der Waals surface area contributed by atoms with Crippen molar-refractivity contribution >= 4 is 40.3 Å². The summed E-state index contributed by atoms with van der Waals surface area (Å²) in [5, 5.41) is 15.5. The van der Waals surface area contributed by atoms with Gasteiger partial charge in [0.2, 0.25) is 0 Å². The minimum atomic E-state index is -4.56. The number of carbonyl (C=O) groups is 1. The van der Waals surface area contributed by atoms with Gasteiger partial charge < -0.3 is 15.7 Å². The predicted molar refractivity (Wildman–Crippen MR) is 129 cm³/mol. The van der Waals surface area contributed by atoms with E-state index >= 15 is 0 Å². The number of aromatic carboxylic acids is 1. The number of halogens is 4. The summed E-state index contributed by atoms with van der Waals surface area (Å²) in [5.41, 5.74) is 1.58. The molecule has 1 aliphatic carbocycles. The number of carboxylic acid groups (broad SMARTS) is 1. The van der Waals surface area contributed by atoms with E-state index in [1.807, 2.05) is 12.1 Å². The van der Waals surface area contributed by atoms with Crippen LogP contribution in [0.1, 0.15) is 59.5 Å². The topological polar surface area (TPSA) is 61.4 Å². The molecule has 1 saturated carbocycles. The SMILES string of the molecule is O=C(O)c1cccc(Nc2cc(Nc3ccc(C4CCCCC4)cc3Cl)cc(C(F)(F)F)c2)c1. The summed E-state index contributed by atoms with van der Waals surface area (Å²) in [5.74, 6) is -0.660. The molecule has 1 fully saturated rings. The first kappa shape index (κ1) is 24.0.